The Morgan fingerprint density at radius 3 is 2.54 bits per heavy atom. The summed E-state index contributed by atoms with van der Waals surface area (Å²) in [6.07, 6.45) is 2.24. The van der Waals surface area contributed by atoms with E-state index in [1.165, 1.54) is 38.4 Å². The summed E-state index contributed by atoms with van der Waals surface area (Å²) in [7, 11) is 1.19. The summed E-state index contributed by atoms with van der Waals surface area (Å²) in [6.45, 7) is 7.63. The van der Waals surface area contributed by atoms with Crippen LogP contribution < -0.4 is 21.5 Å². The second kappa shape index (κ2) is 13.4. The maximum Gasteiger partial charge on any atom is 0.443 e. The molecule has 0 radical (unpaired) electrons. The highest BCUT2D eigenvalue weighted by molar-refractivity contribution is 7.13. The Hall–Kier alpha value is -4.01. The van der Waals surface area contributed by atoms with Crippen LogP contribution in [0, 0.1) is 23.7 Å². The first-order chi connectivity index (χ1) is 21.5. The Bertz CT molecular complexity index is 1600. The molecule has 46 heavy (non-hydrogen) atoms. The number of amides is 3. The number of pyridine rings is 1. The number of halogens is 3. The molecule has 2 saturated carbocycles. The second-order valence-corrected chi connectivity index (χ2v) is 13.5. The highest BCUT2D eigenvalue weighted by Crippen LogP contribution is 2.65. The van der Waals surface area contributed by atoms with Crippen LogP contribution in [-0.4, -0.2) is 52.4 Å². The zero-order valence-electron chi connectivity index (χ0n) is 26.2. The van der Waals surface area contributed by atoms with Crippen LogP contribution in [0.4, 0.5) is 18.9 Å². The lowest BCUT2D eigenvalue weighted by atomic mass is 9.69. The summed E-state index contributed by atoms with van der Waals surface area (Å²) >= 11 is 0.146. The first kappa shape index (κ1) is 34.9. The van der Waals surface area contributed by atoms with Crippen molar-refractivity contribution >= 4 is 40.7 Å². The van der Waals surface area contributed by atoms with Gasteiger partial charge in [-0.2, -0.15) is 13.2 Å². The smallest absolute Gasteiger partial charge is 0.443 e. The molecule has 2 aromatic rings. The number of carbonyl (C=O) groups is 4. The Morgan fingerprint density at radius 2 is 1.96 bits per heavy atom. The van der Waals surface area contributed by atoms with E-state index in [4.69, 9.17) is 0 Å². The van der Waals surface area contributed by atoms with Gasteiger partial charge in [0.2, 0.25) is 11.8 Å². The predicted octanol–water partition coefficient (Wildman–Crippen LogP) is 4.21. The van der Waals surface area contributed by atoms with Crippen molar-refractivity contribution in [2.75, 3.05) is 12.4 Å². The zero-order chi connectivity index (χ0) is 34.0. The van der Waals surface area contributed by atoms with E-state index >= 15 is 0 Å². The molecule has 0 aromatic carbocycles. The average molecular weight is 666 g/mol. The van der Waals surface area contributed by atoms with E-state index in [2.05, 4.69) is 46.4 Å². The van der Waals surface area contributed by atoms with Gasteiger partial charge in [-0.1, -0.05) is 26.8 Å². The quantitative estimate of drug-likeness (QED) is 0.241. The fourth-order valence-electron chi connectivity index (χ4n) is 6.52. The lowest BCUT2D eigenvalue weighted by Crippen LogP contribution is -2.48. The molecule has 4 rings (SSSR count). The number of methoxy groups -OCH3 is 1. The van der Waals surface area contributed by atoms with Crippen LogP contribution in [0.15, 0.2) is 35.3 Å². The lowest BCUT2D eigenvalue weighted by molar-refractivity contribution is -0.138. The number of nitrogens with one attached hydrogen (secondary N) is 3. The predicted molar refractivity (Wildman–Crippen MR) is 164 cm³/mol. The molecule has 11 nitrogen and oxygen atoms in total. The van der Waals surface area contributed by atoms with Crippen LogP contribution in [0.25, 0.3) is 0 Å². The van der Waals surface area contributed by atoms with Gasteiger partial charge in [0.1, 0.15) is 23.2 Å². The maximum absolute atomic E-state index is 13.3. The molecule has 2 aromatic heterocycles. The molecule has 2 aliphatic carbocycles. The number of hydrogen-bond acceptors (Lipinski definition) is 8. The lowest BCUT2D eigenvalue weighted by Gasteiger charge is -2.39. The molecular weight excluding hydrogens is 627 g/mol. The number of hydrogen-bond donors (Lipinski definition) is 3. The number of allylic oxidation sites excluding steroid dienone is 1. The van der Waals surface area contributed by atoms with Crippen molar-refractivity contribution in [3.63, 3.8) is 0 Å². The van der Waals surface area contributed by atoms with Crippen LogP contribution >= 0.6 is 11.3 Å². The molecule has 3 N–H and O–H groups in total. The van der Waals surface area contributed by atoms with E-state index in [1.807, 2.05) is 0 Å². The first-order valence-electron chi connectivity index (χ1n) is 14.9. The van der Waals surface area contributed by atoms with Crippen molar-refractivity contribution < 1.29 is 37.1 Å². The van der Waals surface area contributed by atoms with Crippen LogP contribution in [0.5, 0.6) is 0 Å². The van der Waals surface area contributed by atoms with Gasteiger partial charge >= 0.3 is 12.1 Å². The molecule has 0 unspecified atom stereocenters. The number of anilines is 1. The van der Waals surface area contributed by atoms with Crippen LogP contribution in [0.1, 0.15) is 73.2 Å². The highest BCUT2D eigenvalue weighted by atomic mass is 32.1. The van der Waals surface area contributed by atoms with E-state index in [9.17, 15) is 37.1 Å². The van der Waals surface area contributed by atoms with Gasteiger partial charge in [-0.15, -0.1) is 11.3 Å². The van der Waals surface area contributed by atoms with Crippen LogP contribution in [0.2, 0.25) is 0 Å². The molecule has 3 amide bonds. The van der Waals surface area contributed by atoms with Crippen molar-refractivity contribution in [3.05, 3.63) is 56.4 Å². The van der Waals surface area contributed by atoms with Crippen LogP contribution in [-0.2, 0) is 31.8 Å². The van der Waals surface area contributed by atoms with Crippen molar-refractivity contribution in [1.29, 1.82) is 0 Å². The summed E-state index contributed by atoms with van der Waals surface area (Å²) in [5.74, 6) is -2.24. The van der Waals surface area contributed by atoms with E-state index in [0.29, 0.717) is 5.92 Å². The van der Waals surface area contributed by atoms with Crippen molar-refractivity contribution in [2.24, 2.45) is 16.7 Å². The Balaban J connectivity index is 1.47. The van der Waals surface area contributed by atoms with Gasteiger partial charge in [0.05, 0.1) is 12.8 Å². The van der Waals surface area contributed by atoms with Crippen LogP contribution in [0.3, 0.4) is 0 Å². The van der Waals surface area contributed by atoms with Gasteiger partial charge in [0, 0.05) is 18.3 Å². The molecule has 2 fully saturated rings. The molecule has 250 valence electrons. The topological polar surface area (TPSA) is 148 Å². The molecule has 0 aliphatic heterocycles. The number of thiazole rings is 1. The third-order valence-corrected chi connectivity index (χ3v) is 10.9. The van der Waals surface area contributed by atoms with Crippen molar-refractivity contribution in [2.45, 2.75) is 84.6 Å². The third kappa shape index (κ3) is 7.18. The van der Waals surface area contributed by atoms with Gasteiger partial charge in [0.15, 0.2) is 5.01 Å². The van der Waals surface area contributed by atoms with E-state index in [1.54, 1.807) is 0 Å². The van der Waals surface area contributed by atoms with E-state index in [0.717, 1.165) is 29.9 Å². The molecule has 2 aliphatic rings. The number of aryl methyl sites for hydroxylation is 1. The molecule has 0 saturated heterocycles. The number of ether oxygens (including phenoxy) is 1. The maximum atomic E-state index is 13.3. The van der Waals surface area contributed by atoms with E-state index in [-0.39, 0.29) is 69.8 Å². The summed E-state index contributed by atoms with van der Waals surface area (Å²) in [5, 5.41) is 6.79. The largest absolute Gasteiger partial charge is 0.466 e. The molecule has 2 heterocycles. The molecule has 4 atom stereocenters. The minimum atomic E-state index is -4.75. The molecule has 2 bridgehead atoms. The Morgan fingerprint density at radius 1 is 1.24 bits per heavy atom. The SMILES string of the molecule is COC(=O)/C=C/CC[C@H](NC(=O)c1sc(C(F)(F)F)nc1C)C(=O)Nc1cccn(CC(=O)N[C@H]2C[C@H]3CC[C@]2(C)C3(C)C)c1=O. The number of aromatic nitrogens is 2. The monoisotopic (exact) mass is 665 g/mol. The van der Waals surface area contributed by atoms with Crippen molar-refractivity contribution in [1.82, 2.24) is 20.2 Å². The van der Waals surface area contributed by atoms with Gasteiger partial charge in [0.25, 0.3) is 11.5 Å². The second-order valence-electron chi connectivity index (χ2n) is 12.5. The Labute approximate surface area is 268 Å². The summed E-state index contributed by atoms with van der Waals surface area (Å²) in [4.78, 5) is 67.1. The summed E-state index contributed by atoms with van der Waals surface area (Å²) in [6, 6.07) is 1.49. The van der Waals surface area contributed by atoms with Gasteiger partial charge in [-0.25, -0.2) is 9.78 Å². The number of alkyl halides is 3. The first-order valence-corrected chi connectivity index (χ1v) is 15.7. The zero-order valence-corrected chi connectivity index (χ0v) is 27.1. The average Bonchev–Trinajstić information content (AvgIpc) is 3.54. The number of esters is 1. The summed E-state index contributed by atoms with van der Waals surface area (Å²) < 4.78 is 45.2. The fraction of sp³-hybridized carbons (Fsp3) is 0.548. The standard InChI is InChI=1S/C31H38F3N5O6S/c1-17-24(46-28(35-17)31(32,33)34)26(43)36-19(9-6-7-11-23(41)45-5)25(42)37-20-10-8-14-39(27(20)44)16-22(40)38-21-15-18-12-13-30(21,4)29(18,2)3/h7-8,10-11,14,18-19,21H,6,9,12-13,15-16H2,1-5H3,(H,36,43)(H,37,42)(H,38,40)/b11-7+/t18-,19+,21+,30+/m1/s1. The molecular formula is C31H38F3N5O6S. The number of rotatable bonds is 11. The van der Waals surface area contributed by atoms with E-state index < -0.39 is 40.6 Å². The highest BCUT2D eigenvalue weighted by Gasteiger charge is 2.61. The number of carbonyl (C=O) groups excluding carboxylic acids is 4. The molecule has 0 spiro atoms. The normalized spacial score (nSPS) is 22.4. The Kier molecular flexibility index (Phi) is 10.1. The number of nitrogens with zero attached hydrogens (tertiary/aromatic N) is 2. The van der Waals surface area contributed by atoms with Gasteiger partial charge in [-0.05, 0) is 67.9 Å². The fourth-order valence-corrected chi connectivity index (χ4v) is 7.36. The molecule has 15 heteroatoms. The third-order valence-electron chi connectivity index (χ3n) is 9.67. The van der Waals surface area contributed by atoms with Gasteiger partial charge in [-0.3, -0.25) is 19.2 Å². The minimum absolute atomic E-state index is 0.0145. The number of fused-ring (bicyclic) bond motifs is 2. The van der Waals surface area contributed by atoms with Crippen molar-refractivity contribution in [3.8, 4) is 0 Å². The minimum Gasteiger partial charge on any atom is -0.466 e. The summed E-state index contributed by atoms with van der Waals surface area (Å²) in [5.41, 5.74) is -0.940. The van der Waals surface area contributed by atoms with Gasteiger partial charge < -0.3 is 25.3 Å².